The van der Waals surface area contributed by atoms with E-state index in [9.17, 15) is 9.59 Å². The van der Waals surface area contributed by atoms with Crippen LogP contribution in [0.2, 0.25) is 0 Å². The second-order valence-electron chi connectivity index (χ2n) is 9.09. The van der Waals surface area contributed by atoms with Gasteiger partial charge >= 0.3 is 0 Å². The molecular formula is C25H31N3O2S. The number of nitrogens with one attached hydrogen (secondary N) is 1. The number of aryl methyl sites for hydroxylation is 2. The van der Waals surface area contributed by atoms with Crippen LogP contribution in [-0.2, 0) is 24.2 Å². The van der Waals surface area contributed by atoms with Crippen LogP contribution < -0.4 is 10.9 Å². The third-order valence-corrected chi connectivity index (χ3v) is 7.34. The lowest BCUT2D eigenvalue weighted by molar-refractivity contribution is -0.116. The van der Waals surface area contributed by atoms with Gasteiger partial charge in [0.05, 0.1) is 11.7 Å². The third kappa shape index (κ3) is 4.31. The molecule has 2 aromatic heterocycles. The smallest absolute Gasteiger partial charge is 0.262 e. The van der Waals surface area contributed by atoms with Crippen molar-refractivity contribution in [2.24, 2.45) is 0 Å². The Labute approximate surface area is 187 Å². The monoisotopic (exact) mass is 437 g/mol. The molecule has 0 unspecified atom stereocenters. The van der Waals surface area contributed by atoms with Gasteiger partial charge in [0.1, 0.15) is 11.4 Å². The van der Waals surface area contributed by atoms with Crippen molar-refractivity contribution in [1.29, 1.82) is 0 Å². The number of para-hydroxylation sites is 1. The van der Waals surface area contributed by atoms with Crippen LogP contribution in [0.3, 0.4) is 0 Å². The Morgan fingerprint density at radius 3 is 2.45 bits per heavy atom. The van der Waals surface area contributed by atoms with E-state index in [1.54, 1.807) is 11.3 Å². The summed E-state index contributed by atoms with van der Waals surface area (Å²) in [5, 5.41) is 3.83. The zero-order chi connectivity index (χ0) is 22.1. The van der Waals surface area contributed by atoms with Crippen LogP contribution in [0.15, 0.2) is 29.3 Å². The van der Waals surface area contributed by atoms with Crippen LogP contribution in [-0.4, -0.2) is 15.5 Å². The highest BCUT2D eigenvalue weighted by Gasteiger charge is 2.21. The second kappa shape index (κ2) is 8.95. The molecular weight excluding hydrogens is 406 g/mol. The first-order valence-electron chi connectivity index (χ1n) is 11.3. The molecule has 31 heavy (non-hydrogen) atoms. The summed E-state index contributed by atoms with van der Waals surface area (Å²) in [6.45, 7) is 8.47. The fourth-order valence-electron chi connectivity index (χ4n) is 4.50. The van der Waals surface area contributed by atoms with Crippen molar-refractivity contribution in [2.75, 3.05) is 5.32 Å². The molecule has 0 saturated carbocycles. The Bertz CT molecular complexity index is 1150. The van der Waals surface area contributed by atoms with Crippen LogP contribution in [0.5, 0.6) is 0 Å². The van der Waals surface area contributed by atoms with Gasteiger partial charge in [0.25, 0.3) is 5.56 Å². The first kappa shape index (κ1) is 21.8. The van der Waals surface area contributed by atoms with Crippen molar-refractivity contribution < 1.29 is 4.79 Å². The maximum absolute atomic E-state index is 13.3. The average molecular weight is 438 g/mol. The lowest BCUT2D eigenvalue weighted by Crippen LogP contribution is -2.28. The lowest BCUT2D eigenvalue weighted by Gasteiger charge is -2.20. The third-order valence-electron chi connectivity index (χ3n) is 6.14. The molecule has 1 amide bonds. The van der Waals surface area contributed by atoms with Crippen molar-refractivity contribution in [1.82, 2.24) is 9.55 Å². The van der Waals surface area contributed by atoms with Crippen molar-refractivity contribution in [3.8, 4) is 0 Å². The molecule has 4 rings (SSSR count). The average Bonchev–Trinajstić information content (AvgIpc) is 2.92. The number of aromatic nitrogens is 2. The van der Waals surface area contributed by atoms with Crippen molar-refractivity contribution in [2.45, 2.75) is 78.2 Å². The Morgan fingerprint density at radius 2 is 1.77 bits per heavy atom. The molecule has 2 heterocycles. The molecule has 0 atom stereocenters. The zero-order valence-electron chi connectivity index (χ0n) is 18.8. The van der Waals surface area contributed by atoms with Gasteiger partial charge in [0.2, 0.25) is 5.91 Å². The van der Waals surface area contributed by atoms with E-state index < -0.39 is 0 Å². The molecule has 1 aliphatic carbocycles. The number of amides is 1. The van der Waals surface area contributed by atoms with Gasteiger partial charge in [0, 0.05) is 10.6 Å². The van der Waals surface area contributed by atoms with Crippen LogP contribution in [0.4, 0.5) is 5.69 Å². The maximum atomic E-state index is 13.3. The first-order valence-corrected chi connectivity index (χ1v) is 12.1. The summed E-state index contributed by atoms with van der Waals surface area (Å²) in [7, 11) is 0. The molecule has 164 valence electrons. The normalized spacial score (nSPS) is 14.1. The molecule has 0 spiro atoms. The highest BCUT2D eigenvalue weighted by Crippen LogP contribution is 2.33. The zero-order valence-corrected chi connectivity index (χ0v) is 19.6. The molecule has 5 nitrogen and oxygen atoms in total. The van der Waals surface area contributed by atoms with Gasteiger partial charge in [-0.2, -0.15) is 0 Å². The van der Waals surface area contributed by atoms with Crippen molar-refractivity contribution in [3.05, 3.63) is 56.4 Å². The minimum Gasteiger partial charge on any atom is -0.324 e. The summed E-state index contributed by atoms with van der Waals surface area (Å²) in [5.41, 5.74) is 4.18. The van der Waals surface area contributed by atoms with Crippen LogP contribution in [0, 0.1) is 0 Å². The molecule has 0 saturated heterocycles. The van der Waals surface area contributed by atoms with E-state index in [-0.39, 0.29) is 29.8 Å². The predicted octanol–water partition coefficient (Wildman–Crippen LogP) is 5.61. The van der Waals surface area contributed by atoms with E-state index >= 15 is 0 Å². The summed E-state index contributed by atoms with van der Waals surface area (Å²) in [6, 6.07) is 6.17. The fraction of sp³-hybridized carbons (Fsp3) is 0.480. The number of anilines is 1. The van der Waals surface area contributed by atoms with Gasteiger partial charge in [-0.05, 0) is 54.2 Å². The Morgan fingerprint density at radius 1 is 1.10 bits per heavy atom. The summed E-state index contributed by atoms with van der Waals surface area (Å²) < 4.78 is 1.46. The quantitative estimate of drug-likeness (QED) is 0.528. The molecule has 1 N–H and O–H groups in total. The SMILES string of the molecule is CC(C)c1cccc(C(C)C)c1NC(=O)Cn1cnc2sc3c(c2c1=O)CCCCC3. The fourth-order valence-corrected chi connectivity index (χ4v) is 5.72. The highest BCUT2D eigenvalue weighted by atomic mass is 32.1. The molecule has 6 heteroatoms. The van der Waals surface area contributed by atoms with E-state index in [1.807, 2.05) is 6.07 Å². The molecule has 1 aromatic carbocycles. The van der Waals surface area contributed by atoms with Crippen molar-refractivity contribution >= 4 is 33.1 Å². The van der Waals surface area contributed by atoms with Crippen molar-refractivity contribution in [3.63, 3.8) is 0 Å². The summed E-state index contributed by atoms with van der Waals surface area (Å²) in [4.78, 5) is 32.9. The number of carbonyl (C=O) groups excluding carboxylic acids is 1. The summed E-state index contributed by atoms with van der Waals surface area (Å²) >= 11 is 1.64. The number of benzene rings is 1. The number of thiophene rings is 1. The van der Waals surface area contributed by atoms with E-state index in [0.29, 0.717) is 0 Å². The molecule has 0 bridgehead atoms. The van der Waals surface area contributed by atoms with Crippen LogP contribution in [0.25, 0.3) is 10.2 Å². The second-order valence-corrected chi connectivity index (χ2v) is 10.2. The Kier molecular flexibility index (Phi) is 6.28. The van der Waals surface area contributed by atoms with E-state index in [4.69, 9.17) is 0 Å². The first-order chi connectivity index (χ1) is 14.9. The molecule has 0 radical (unpaired) electrons. The minimum absolute atomic E-state index is 0.0314. The number of fused-ring (bicyclic) bond motifs is 3. The summed E-state index contributed by atoms with van der Waals surface area (Å²) in [6.07, 6.45) is 6.97. The van der Waals surface area contributed by atoms with Crippen LogP contribution in [0.1, 0.15) is 80.4 Å². The molecule has 0 aliphatic heterocycles. The van der Waals surface area contributed by atoms with Gasteiger partial charge in [0.15, 0.2) is 0 Å². The van der Waals surface area contributed by atoms with Gasteiger partial charge in [-0.15, -0.1) is 11.3 Å². The highest BCUT2D eigenvalue weighted by molar-refractivity contribution is 7.18. The van der Waals surface area contributed by atoms with Gasteiger partial charge < -0.3 is 5.32 Å². The minimum atomic E-state index is -0.195. The Hall–Kier alpha value is -2.47. The van der Waals surface area contributed by atoms with Gasteiger partial charge in [-0.1, -0.05) is 52.3 Å². The lowest BCUT2D eigenvalue weighted by atomic mass is 9.92. The molecule has 3 aromatic rings. The number of nitrogens with zero attached hydrogens (tertiary/aromatic N) is 2. The van der Waals surface area contributed by atoms with E-state index in [2.05, 4.69) is 50.1 Å². The molecule has 1 aliphatic rings. The van der Waals surface area contributed by atoms with Crippen LogP contribution >= 0.6 is 11.3 Å². The van der Waals surface area contributed by atoms with Gasteiger partial charge in [-0.3, -0.25) is 14.2 Å². The predicted molar refractivity (Wildman–Crippen MR) is 128 cm³/mol. The largest absolute Gasteiger partial charge is 0.324 e. The summed E-state index contributed by atoms with van der Waals surface area (Å²) in [5.74, 6) is 0.381. The van der Waals surface area contributed by atoms with E-state index in [1.165, 1.54) is 28.6 Å². The maximum Gasteiger partial charge on any atom is 0.262 e. The Balaban J connectivity index is 1.65. The molecule has 0 fully saturated rings. The standard InChI is InChI=1S/C25H31N3O2S/c1-15(2)17-10-8-11-18(16(3)4)23(17)27-21(29)13-28-14-26-24-22(25(28)30)19-9-6-5-7-12-20(19)31-24/h8,10-11,14-16H,5-7,9,12-13H2,1-4H3,(H,27,29). The van der Waals surface area contributed by atoms with E-state index in [0.717, 1.165) is 51.9 Å². The number of carbonyl (C=O) groups is 1. The number of rotatable bonds is 5. The topological polar surface area (TPSA) is 64.0 Å². The number of hydrogen-bond acceptors (Lipinski definition) is 4. The van der Waals surface area contributed by atoms with Gasteiger partial charge in [-0.25, -0.2) is 4.98 Å². The number of hydrogen-bond donors (Lipinski definition) is 1.